The number of pyridine rings is 1. The van der Waals surface area contributed by atoms with Gasteiger partial charge in [-0.2, -0.15) is 5.10 Å². The fourth-order valence-electron chi connectivity index (χ4n) is 4.42. The van der Waals surface area contributed by atoms with Gasteiger partial charge in [-0.15, -0.1) is 10.2 Å². The fourth-order valence-corrected chi connectivity index (χ4v) is 4.42. The molecule has 1 atom stereocenters. The van der Waals surface area contributed by atoms with Crippen molar-refractivity contribution in [1.29, 1.82) is 0 Å². The van der Waals surface area contributed by atoms with Gasteiger partial charge in [0.1, 0.15) is 11.7 Å². The Bertz CT molecular complexity index is 1480. The first-order chi connectivity index (χ1) is 16.6. The Hall–Kier alpha value is -4.41. The Morgan fingerprint density at radius 2 is 2.15 bits per heavy atom. The minimum atomic E-state index is -0.491. The SMILES string of the molecule is CC(C)c1cccn2nc([C@H]3c4nc[nH]c4CCN3C(=O)c3nnc(-c4cnccn4)o3)cc12. The van der Waals surface area contributed by atoms with Gasteiger partial charge >= 0.3 is 11.8 Å². The van der Waals surface area contributed by atoms with Crippen molar-refractivity contribution >= 4 is 11.4 Å². The highest BCUT2D eigenvalue weighted by atomic mass is 16.4. The first-order valence-corrected chi connectivity index (χ1v) is 11.0. The molecular formula is C23H21N9O2. The number of amides is 1. The molecule has 0 aromatic carbocycles. The highest BCUT2D eigenvalue weighted by molar-refractivity contribution is 5.90. The molecule has 34 heavy (non-hydrogen) atoms. The molecule has 170 valence electrons. The predicted molar refractivity (Wildman–Crippen MR) is 120 cm³/mol. The number of H-pyrrole nitrogens is 1. The molecule has 0 aliphatic carbocycles. The zero-order valence-corrected chi connectivity index (χ0v) is 18.6. The molecule has 5 aromatic rings. The first kappa shape index (κ1) is 20.2. The van der Waals surface area contributed by atoms with E-state index in [4.69, 9.17) is 9.52 Å². The van der Waals surface area contributed by atoms with Crippen LogP contribution in [0.4, 0.5) is 0 Å². The summed E-state index contributed by atoms with van der Waals surface area (Å²) in [6.45, 7) is 4.75. The van der Waals surface area contributed by atoms with Crippen LogP contribution >= 0.6 is 0 Å². The molecule has 0 fully saturated rings. The van der Waals surface area contributed by atoms with Gasteiger partial charge in [0.25, 0.3) is 5.89 Å². The third kappa shape index (κ3) is 3.24. The van der Waals surface area contributed by atoms with Crippen LogP contribution in [0.2, 0.25) is 0 Å². The van der Waals surface area contributed by atoms with Crippen LogP contribution in [0.15, 0.2) is 53.7 Å². The molecule has 1 N–H and O–H groups in total. The molecule has 6 heterocycles. The van der Waals surface area contributed by atoms with Gasteiger partial charge in [-0.3, -0.25) is 9.78 Å². The van der Waals surface area contributed by atoms with Crippen molar-refractivity contribution < 1.29 is 9.21 Å². The van der Waals surface area contributed by atoms with Crippen molar-refractivity contribution in [3.05, 3.63) is 77.8 Å². The maximum atomic E-state index is 13.6. The van der Waals surface area contributed by atoms with E-state index >= 15 is 0 Å². The van der Waals surface area contributed by atoms with Gasteiger partial charge in [0.15, 0.2) is 0 Å². The van der Waals surface area contributed by atoms with Crippen LogP contribution in [0.1, 0.15) is 59.1 Å². The molecule has 1 aliphatic heterocycles. The Balaban J connectivity index is 1.42. The summed E-state index contributed by atoms with van der Waals surface area (Å²) in [5.41, 5.74) is 5.07. The monoisotopic (exact) mass is 455 g/mol. The number of aromatic amines is 1. The summed E-state index contributed by atoms with van der Waals surface area (Å²) in [6, 6.07) is 5.62. The van der Waals surface area contributed by atoms with E-state index in [1.165, 1.54) is 18.0 Å². The van der Waals surface area contributed by atoms with E-state index in [2.05, 4.69) is 50.0 Å². The predicted octanol–water partition coefficient (Wildman–Crippen LogP) is 2.81. The Morgan fingerprint density at radius 1 is 1.24 bits per heavy atom. The van der Waals surface area contributed by atoms with E-state index in [9.17, 15) is 4.79 Å². The van der Waals surface area contributed by atoms with E-state index < -0.39 is 6.04 Å². The highest BCUT2D eigenvalue weighted by Crippen LogP contribution is 2.35. The number of imidazole rings is 1. The number of fused-ring (bicyclic) bond motifs is 2. The summed E-state index contributed by atoms with van der Waals surface area (Å²) in [4.78, 5) is 31.2. The average Bonchev–Trinajstić information content (AvgIpc) is 3.62. The molecule has 0 spiro atoms. The Labute approximate surface area is 193 Å². The zero-order valence-electron chi connectivity index (χ0n) is 18.6. The number of nitrogens with one attached hydrogen (secondary N) is 1. The summed E-state index contributed by atoms with van der Waals surface area (Å²) in [7, 11) is 0. The number of hydrogen-bond donors (Lipinski definition) is 1. The number of aromatic nitrogens is 8. The smallest absolute Gasteiger partial charge is 0.312 e. The number of hydrogen-bond acceptors (Lipinski definition) is 8. The zero-order chi connectivity index (χ0) is 23.2. The van der Waals surface area contributed by atoms with Gasteiger partial charge in [-0.25, -0.2) is 14.5 Å². The van der Waals surface area contributed by atoms with Crippen LogP contribution in [0, 0.1) is 0 Å². The van der Waals surface area contributed by atoms with E-state index in [1.807, 2.05) is 22.8 Å². The van der Waals surface area contributed by atoms with Crippen LogP contribution < -0.4 is 0 Å². The quantitative estimate of drug-likeness (QED) is 0.438. The van der Waals surface area contributed by atoms with Gasteiger partial charge in [-0.05, 0) is 23.6 Å². The lowest BCUT2D eigenvalue weighted by molar-refractivity contribution is 0.0646. The van der Waals surface area contributed by atoms with Gasteiger partial charge in [0.2, 0.25) is 0 Å². The van der Waals surface area contributed by atoms with Crippen LogP contribution in [0.25, 0.3) is 17.1 Å². The molecule has 5 aromatic heterocycles. The lowest BCUT2D eigenvalue weighted by Crippen LogP contribution is -2.41. The fraction of sp³-hybridized carbons (Fsp3) is 0.261. The third-order valence-electron chi connectivity index (χ3n) is 6.03. The number of rotatable bonds is 4. The lowest BCUT2D eigenvalue weighted by Gasteiger charge is -2.32. The molecular weight excluding hydrogens is 434 g/mol. The van der Waals surface area contributed by atoms with Crippen LogP contribution in [0.5, 0.6) is 0 Å². The van der Waals surface area contributed by atoms with Crippen LogP contribution in [-0.4, -0.2) is 57.1 Å². The second kappa shape index (κ2) is 7.87. The largest absolute Gasteiger partial charge is 0.411 e. The second-order valence-electron chi connectivity index (χ2n) is 8.44. The number of carbonyl (C=O) groups is 1. The number of carbonyl (C=O) groups excluding carboxylic acids is 1. The molecule has 0 unspecified atom stereocenters. The first-order valence-electron chi connectivity index (χ1n) is 11.0. The molecule has 6 rings (SSSR count). The van der Waals surface area contributed by atoms with E-state index in [0.717, 1.165) is 22.6 Å². The molecule has 1 aliphatic rings. The van der Waals surface area contributed by atoms with Crippen molar-refractivity contribution in [2.75, 3.05) is 6.54 Å². The van der Waals surface area contributed by atoms with Crippen molar-refractivity contribution in [2.24, 2.45) is 0 Å². The maximum Gasteiger partial charge on any atom is 0.312 e. The third-order valence-corrected chi connectivity index (χ3v) is 6.03. The molecule has 0 radical (unpaired) electrons. The van der Waals surface area contributed by atoms with Gasteiger partial charge in [-0.1, -0.05) is 19.9 Å². The molecule has 1 amide bonds. The summed E-state index contributed by atoms with van der Waals surface area (Å²) in [6.07, 6.45) is 8.77. The minimum absolute atomic E-state index is 0.115. The van der Waals surface area contributed by atoms with Crippen LogP contribution in [0.3, 0.4) is 0 Å². The van der Waals surface area contributed by atoms with Crippen molar-refractivity contribution in [3.8, 4) is 11.6 Å². The van der Waals surface area contributed by atoms with Crippen molar-refractivity contribution in [3.63, 3.8) is 0 Å². The van der Waals surface area contributed by atoms with Crippen molar-refractivity contribution in [1.82, 2.24) is 44.6 Å². The Kier molecular flexibility index (Phi) is 4.68. The second-order valence-corrected chi connectivity index (χ2v) is 8.44. The van der Waals surface area contributed by atoms with Gasteiger partial charge in [0, 0.05) is 37.3 Å². The van der Waals surface area contributed by atoms with E-state index in [0.29, 0.717) is 24.6 Å². The summed E-state index contributed by atoms with van der Waals surface area (Å²) in [5, 5.41) is 12.8. The molecule has 0 saturated carbocycles. The summed E-state index contributed by atoms with van der Waals surface area (Å²) < 4.78 is 7.53. The van der Waals surface area contributed by atoms with E-state index in [-0.39, 0.29) is 17.7 Å². The standard InChI is InChI=1S/C23H21N9O2/c1-13(2)14-4-3-8-32-18(14)10-16(30-32)20-19-15(26-12-27-19)5-9-31(20)23(33)22-29-28-21(34-22)17-11-24-6-7-25-17/h3-4,6-8,10-13,20H,5,9H2,1-2H3,(H,26,27)/t20-/m0/s1. The molecule has 0 bridgehead atoms. The normalized spacial score (nSPS) is 15.7. The Morgan fingerprint density at radius 3 is 2.97 bits per heavy atom. The lowest BCUT2D eigenvalue weighted by atomic mass is 9.98. The molecule has 11 nitrogen and oxygen atoms in total. The molecule has 11 heteroatoms. The molecule has 0 saturated heterocycles. The average molecular weight is 455 g/mol. The van der Waals surface area contributed by atoms with Crippen molar-refractivity contribution in [2.45, 2.75) is 32.2 Å². The van der Waals surface area contributed by atoms with E-state index in [1.54, 1.807) is 17.4 Å². The topological polar surface area (TPSA) is 131 Å². The highest BCUT2D eigenvalue weighted by Gasteiger charge is 2.38. The maximum absolute atomic E-state index is 13.6. The summed E-state index contributed by atoms with van der Waals surface area (Å²) >= 11 is 0. The van der Waals surface area contributed by atoms with Gasteiger partial charge in [0.05, 0.1) is 29.4 Å². The number of nitrogens with zero attached hydrogens (tertiary/aromatic N) is 8. The van der Waals surface area contributed by atoms with Gasteiger partial charge < -0.3 is 14.3 Å². The minimum Gasteiger partial charge on any atom is -0.411 e. The van der Waals surface area contributed by atoms with Crippen LogP contribution in [-0.2, 0) is 6.42 Å². The summed E-state index contributed by atoms with van der Waals surface area (Å²) in [5.74, 6) is -0.0327.